The topological polar surface area (TPSA) is 84.5 Å². The fraction of sp³-hybridized carbons (Fsp3) is 0.0455. The Balaban J connectivity index is 1.87. The highest BCUT2D eigenvalue weighted by Crippen LogP contribution is 2.22. The van der Waals surface area contributed by atoms with Crippen LogP contribution in [0, 0.1) is 0 Å². The van der Waals surface area contributed by atoms with Gasteiger partial charge in [-0.25, -0.2) is 4.79 Å². The zero-order chi connectivity index (χ0) is 20.8. The molecule has 0 atom stereocenters. The molecular formula is C22H17ClN2O4. The molecule has 7 heteroatoms. The van der Waals surface area contributed by atoms with E-state index in [9.17, 15) is 14.4 Å². The molecule has 6 nitrogen and oxygen atoms in total. The van der Waals surface area contributed by atoms with Gasteiger partial charge < -0.3 is 15.4 Å². The molecule has 0 unspecified atom stereocenters. The first-order valence-electron chi connectivity index (χ1n) is 8.63. The van der Waals surface area contributed by atoms with Crippen molar-refractivity contribution in [2.75, 3.05) is 17.7 Å². The minimum Gasteiger partial charge on any atom is -0.465 e. The third-order valence-corrected chi connectivity index (χ3v) is 4.26. The van der Waals surface area contributed by atoms with Crippen molar-refractivity contribution in [2.45, 2.75) is 0 Å². The molecule has 0 bridgehead atoms. The summed E-state index contributed by atoms with van der Waals surface area (Å²) in [6.07, 6.45) is 0. The van der Waals surface area contributed by atoms with Crippen LogP contribution in [0.1, 0.15) is 31.1 Å². The van der Waals surface area contributed by atoms with E-state index in [2.05, 4.69) is 10.6 Å². The van der Waals surface area contributed by atoms with E-state index in [0.29, 0.717) is 27.5 Å². The van der Waals surface area contributed by atoms with Gasteiger partial charge in [-0.2, -0.15) is 0 Å². The lowest BCUT2D eigenvalue weighted by molar-refractivity contribution is 0.0600. The van der Waals surface area contributed by atoms with Gasteiger partial charge in [0.1, 0.15) is 0 Å². The van der Waals surface area contributed by atoms with E-state index in [0.717, 1.165) is 0 Å². The zero-order valence-electron chi connectivity index (χ0n) is 15.4. The van der Waals surface area contributed by atoms with Crippen LogP contribution in [-0.2, 0) is 4.74 Å². The summed E-state index contributed by atoms with van der Waals surface area (Å²) in [5.74, 6) is -1.32. The van der Waals surface area contributed by atoms with Crippen LogP contribution in [0.3, 0.4) is 0 Å². The molecule has 0 aliphatic heterocycles. The Kier molecular flexibility index (Phi) is 6.26. The van der Waals surface area contributed by atoms with E-state index in [4.69, 9.17) is 16.3 Å². The Labute approximate surface area is 172 Å². The third-order valence-electron chi connectivity index (χ3n) is 4.01. The Morgan fingerprint density at radius 3 is 1.76 bits per heavy atom. The number of amides is 2. The number of esters is 1. The van der Waals surface area contributed by atoms with Crippen molar-refractivity contribution in [3.8, 4) is 0 Å². The standard InChI is InChI=1S/C22H17ClN2O4/c1-29-22(28)16-11-18(24-20(26)14-5-3-2-4-6-14)13-19(12-16)25-21(27)15-7-9-17(23)10-8-15/h2-13H,1H3,(H,24,26)(H,25,27). The minimum atomic E-state index is -0.595. The maximum Gasteiger partial charge on any atom is 0.337 e. The largest absolute Gasteiger partial charge is 0.465 e. The van der Waals surface area contributed by atoms with Crippen LogP contribution < -0.4 is 10.6 Å². The Morgan fingerprint density at radius 2 is 1.24 bits per heavy atom. The maximum absolute atomic E-state index is 12.5. The molecule has 0 saturated carbocycles. The van der Waals surface area contributed by atoms with Gasteiger partial charge in [-0.1, -0.05) is 29.8 Å². The molecule has 3 aromatic rings. The van der Waals surface area contributed by atoms with Gasteiger partial charge in [-0.3, -0.25) is 9.59 Å². The van der Waals surface area contributed by atoms with Crippen LogP contribution in [0.2, 0.25) is 5.02 Å². The fourth-order valence-electron chi connectivity index (χ4n) is 2.60. The SMILES string of the molecule is COC(=O)c1cc(NC(=O)c2ccccc2)cc(NC(=O)c2ccc(Cl)cc2)c1. The molecule has 0 aliphatic rings. The highest BCUT2D eigenvalue weighted by molar-refractivity contribution is 6.30. The number of hydrogen-bond donors (Lipinski definition) is 2. The Hall–Kier alpha value is -3.64. The normalized spacial score (nSPS) is 10.1. The maximum atomic E-state index is 12.5. The monoisotopic (exact) mass is 408 g/mol. The molecule has 0 radical (unpaired) electrons. The van der Waals surface area contributed by atoms with Gasteiger partial charge in [0.05, 0.1) is 12.7 Å². The summed E-state index contributed by atoms with van der Waals surface area (Å²) in [4.78, 5) is 36.9. The summed E-state index contributed by atoms with van der Waals surface area (Å²) >= 11 is 5.84. The number of ether oxygens (including phenoxy) is 1. The first-order chi connectivity index (χ1) is 14.0. The van der Waals surface area contributed by atoms with Crippen LogP contribution in [0.4, 0.5) is 11.4 Å². The van der Waals surface area contributed by atoms with E-state index in [-0.39, 0.29) is 17.4 Å². The molecule has 3 rings (SSSR count). The van der Waals surface area contributed by atoms with E-state index >= 15 is 0 Å². The summed E-state index contributed by atoms with van der Waals surface area (Å²) < 4.78 is 4.76. The molecule has 0 saturated heterocycles. The molecule has 3 aromatic carbocycles. The van der Waals surface area contributed by atoms with Crippen molar-refractivity contribution in [1.29, 1.82) is 0 Å². The van der Waals surface area contributed by atoms with E-state index in [1.165, 1.54) is 19.2 Å². The van der Waals surface area contributed by atoms with Gasteiger partial charge in [0.15, 0.2) is 0 Å². The van der Waals surface area contributed by atoms with Gasteiger partial charge in [0.25, 0.3) is 11.8 Å². The second-order valence-corrected chi connectivity index (χ2v) is 6.51. The van der Waals surface area contributed by atoms with Crippen molar-refractivity contribution in [1.82, 2.24) is 0 Å². The average Bonchev–Trinajstić information content (AvgIpc) is 2.74. The van der Waals surface area contributed by atoms with Crippen molar-refractivity contribution in [3.05, 3.63) is 94.5 Å². The van der Waals surface area contributed by atoms with Crippen LogP contribution in [0.25, 0.3) is 0 Å². The predicted octanol–water partition coefficient (Wildman–Crippen LogP) is 4.63. The second-order valence-electron chi connectivity index (χ2n) is 6.07. The number of methoxy groups -OCH3 is 1. The molecule has 2 N–H and O–H groups in total. The number of rotatable bonds is 5. The summed E-state index contributed by atoms with van der Waals surface area (Å²) in [6.45, 7) is 0. The quantitative estimate of drug-likeness (QED) is 0.603. The molecule has 0 fully saturated rings. The van der Waals surface area contributed by atoms with Crippen LogP contribution in [0.15, 0.2) is 72.8 Å². The lowest BCUT2D eigenvalue weighted by Crippen LogP contribution is -2.15. The first-order valence-corrected chi connectivity index (χ1v) is 9.01. The van der Waals surface area contributed by atoms with Gasteiger partial charge in [-0.05, 0) is 54.6 Å². The molecule has 146 valence electrons. The summed E-state index contributed by atoms with van der Waals surface area (Å²) in [5, 5.41) is 5.95. The highest BCUT2D eigenvalue weighted by atomic mass is 35.5. The number of halogens is 1. The highest BCUT2D eigenvalue weighted by Gasteiger charge is 2.14. The number of benzene rings is 3. The Bertz CT molecular complexity index is 1050. The average molecular weight is 409 g/mol. The molecule has 29 heavy (non-hydrogen) atoms. The summed E-state index contributed by atoms with van der Waals surface area (Å²) in [7, 11) is 1.25. The van der Waals surface area contributed by atoms with E-state index < -0.39 is 5.97 Å². The first kappa shape index (κ1) is 20.1. The molecule has 0 spiro atoms. The molecular weight excluding hydrogens is 392 g/mol. The predicted molar refractivity (Wildman–Crippen MR) is 112 cm³/mol. The number of carbonyl (C=O) groups excluding carboxylic acids is 3. The minimum absolute atomic E-state index is 0.185. The van der Waals surface area contributed by atoms with Crippen LogP contribution >= 0.6 is 11.6 Å². The van der Waals surface area contributed by atoms with Gasteiger partial charge in [0.2, 0.25) is 0 Å². The molecule has 0 heterocycles. The van der Waals surface area contributed by atoms with Crippen molar-refractivity contribution < 1.29 is 19.1 Å². The Morgan fingerprint density at radius 1 is 0.724 bits per heavy atom. The lowest BCUT2D eigenvalue weighted by atomic mass is 10.1. The van der Waals surface area contributed by atoms with Gasteiger partial charge >= 0.3 is 5.97 Å². The molecule has 0 aromatic heterocycles. The molecule has 2 amide bonds. The fourth-order valence-corrected chi connectivity index (χ4v) is 2.73. The van der Waals surface area contributed by atoms with Gasteiger partial charge in [0, 0.05) is 27.5 Å². The second kappa shape index (κ2) is 9.03. The van der Waals surface area contributed by atoms with Crippen LogP contribution in [-0.4, -0.2) is 24.9 Å². The summed E-state index contributed by atoms with van der Waals surface area (Å²) in [6, 6.07) is 19.5. The number of carbonyl (C=O) groups is 3. The van der Waals surface area contributed by atoms with Gasteiger partial charge in [-0.15, -0.1) is 0 Å². The van der Waals surface area contributed by atoms with Crippen molar-refractivity contribution in [2.24, 2.45) is 0 Å². The van der Waals surface area contributed by atoms with Crippen LogP contribution in [0.5, 0.6) is 0 Å². The van der Waals surface area contributed by atoms with E-state index in [1.807, 2.05) is 0 Å². The number of anilines is 2. The third kappa shape index (κ3) is 5.21. The van der Waals surface area contributed by atoms with Crippen molar-refractivity contribution >= 4 is 40.8 Å². The van der Waals surface area contributed by atoms with Crippen molar-refractivity contribution in [3.63, 3.8) is 0 Å². The number of hydrogen-bond acceptors (Lipinski definition) is 4. The zero-order valence-corrected chi connectivity index (χ0v) is 16.2. The number of nitrogens with one attached hydrogen (secondary N) is 2. The summed E-state index contributed by atoms with van der Waals surface area (Å²) in [5.41, 5.74) is 1.71. The smallest absolute Gasteiger partial charge is 0.337 e. The molecule has 0 aliphatic carbocycles. The lowest BCUT2D eigenvalue weighted by Gasteiger charge is -2.12. The van der Waals surface area contributed by atoms with E-state index in [1.54, 1.807) is 60.7 Å².